The van der Waals surface area contributed by atoms with Crippen LogP contribution in [0.25, 0.3) is 0 Å². The highest BCUT2D eigenvalue weighted by atomic mass is 19.1. The van der Waals surface area contributed by atoms with E-state index in [1.165, 1.54) is 12.1 Å². The van der Waals surface area contributed by atoms with Gasteiger partial charge >= 0.3 is 5.97 Å². The maximum Gasteiger partial charge on any atom is 0.326 e. The lowest BCUT2D eigenvalue weighted by atomic mass is 10.0. The summed E-state index contributed by atoms with van der Waals surface area (Å²) in [4.78, 5) is 11.4. The first-order valence-corrected chi connectivity index (χ1v) is 5.27. The molecule has 1 aromatic rings. The minimum atomic E-state index is -0.633. The number of nitrogens with one attached hydrogen (secondary N) is 1. The van der Waals surface area contributed by atoms with Gasteiger partial charge in [-0.2, -0.15) is 0 Å². The summed E-state index contributed by atoms with van der Waals surface area (Å²) in [7, 11) is 0. The van der Waals surface area contributed by atoms with Gasteiger partial charge in [-0.3, -0.25) is 10.1 Å². The first-order valence-electron chi connectivity index (χ1n) is 5.27. The van der Waals surface area contributed by atoms with E-state index in [4.69, 9.17) is 4.74 Å². The lowest BCUT2D eigenvalue weighted by Gasteiger charge is -2.20. The summed E-state index contributed by atoms with van der Waals surface area (Å²) in [5, 5.41) is 3.11. The average molecular weight is 223 g/mol. The van der Waals surface area contributed by atoms with Crippen molar-refractivity contribution in [2.75, 3.05) is 6.61 Å². The molecule has 0 spiro atoms. The fourth-order valence-corrected chi connectivity index (χ4v) is 1.71. The molecule has 0 amide bonds. The lowest BCUT2D eigenvalue weighted by Crippen LogP contribution is -2.45. The predicted octanol–water partition coefficient (Wildman–Crippen LogP) is 1.62. The maximum atomic E-state index is 12.9. The molecule has 1 aliphatic heterocycles. The molecule has 4 heteroatoms. The van der Waals surface area contributed by atoms with Gasteiger partial charge in [0.2, 0.25) is 0 Å². The molecule has 0 aliphatic carbocycles. The second-order valence-electron chi connectivity index (χ2n) is 4.20. The molecule has 1 N–H and O–H groups in total. The topological polar surface area (TPSA) is 38.3 Å². The lowest BCUT2D eigenvalue weighted by molar-refractivity contribution is -0.143. The zero-order valence-electron chi connectivity index (χ0n) is 9.13. The minimum absolute atomic E-state index is 0.232. The number of ether oxygens (including phenoxy) is 1. The number of carbonyl (C=O) groups excluding carboxylic acids is 1. The Balaban J connectivity index is 1.99. The molecule has 0 radical (unpaired) electrons. The number of hydrogen-bond acceptors (Lipinski definition) is 3. The van der Waals surface area contributed by atoms with Crippen molar-refractivity contribution in [3.8, 4) is 0 Å². The van der Waals surface area contributed by atoms with Gasteiger partial charge in [0.1, 0.15) is 11.4 Å². The van der Waals surface area contributed by atoms with E-state index in [2.05, 4.69) is 5.32 Å². The first kappa shape index (κ1) is 11.1. The molecule has 1 unspecified atom stereocenters. The summed E-state index contributed by atoms with van der Waals surface area (Å²) in [6.45, 7) is 2.72. The Hall–Kier alpha value is -1.42. The van der Waals surface area contributed by atoms with Gasteiger partial charge in [-0.05, 0) is 24.6 Å². The second-order valence-corrected chi connectivity index (χ2v) is 4.20. The molecule has 1 saturated heterocycles. The van der Waals surface area contributed by atoms with Gasteiger partial charge in [-0.15, -0.1) is 0 Å². The van der Waals surface area contributed by atoms with E-state index < -0.39 is 5.54 Å². The smallest absolute Gasteiger partial charge is 0.326 e. The molecule has 2 rings (SSSR count). The standard InChI is InChI=1S/C12H14FNO2/c1-12(5-6-16-11(12)15)14-8-9-3-2-4-10(13)7-9/h2-4,7,14H,5-6,8H2,1H3. The number of halogens is 1. The molecule has 0 saturated carbocycles. The highest BCUT2D eigenvalue weighted by Crippen LogP contribution is 2.20. The number of cyclic esters (lactones) is 1. The van der Waals surface area contributed by atoms with Crippen LogP contribution < -0.4 is 5.32 Å². The molecule has 1 aliphatic rings. The Kier molecular flexibility index (Phi) is 2.92. The molecule has 3 nitrogen and oxygen atoms in total. The van der Waals surface area contributed by atoms with Crippen LogP contribution in [0.4, 0.5) is 4.39 Å². The first-order chi connectivity index (χ1) is 7.60. The van der Waals surface area contributed by atoms with Gasteiger partial charge in [-0.25, -0.2) is 4.39 Å². The highest BCUT2D eigenvalue weighted by Gasteiger charge is 2.39. The van der Waals surface area contributed by atoms with E-state index in [1.54, 1.807) is 6.07 Å². The van der Waals surface area contributed by atoms with Crippen LogP contribution in [0.1, 0.15) is 18.9 Å². The minimum Gasteiger partial charge on any atom is -0.464 e. The Morgan fingerprint density at radius 3 is 3.00 bits per heavy atom. The SMILES string of the molecule is CC1(NCc2cccc(F)c2)CCOC1=O. The predicted molar refractivity (Wildman–Crippen MR) is 57.2 cm³/mol. The molecular formula is C12H14FNO2. The zero-order chi connectivity index (χ0) is 11.6. The van der Waals surface area contributed by atoms with Crippen molar-refractivity contribution in [1.29, 1.82) is 0 Å². The Bertz CT molecular complexity index is 408. The third-order valence-corrected chi connectivity index (χ3v) is 2.86. The van der Waals surface area contributed by atoms with Gasteiger partial charge in [-0.1, -0.05) is 12.1 Å². The maximum absolute atomic E-state index is 12.9. The summed E-state index contributed by atoms with van der Waals surface area (Å²) < 4.78 is 17.8. The molecular weight excluding hydrogens is 209 g/mol. The van der Waals surface area contributed by atoms with E-state index >= 15 is 0 Å². The summed E-state index contributed by atoms with van der Waals surface area (Å²) in [6, 6.07) is 6.33. The van der Waals surface area contributed by atoms with Gasteiger partial charge < -0.3 is 4.74 Å². The van der Waals surface area contributed by atoms with E-state index in [0.717, 1.165) is 5.56 Å². The number of carbonyl (C=O) groups is 1. The number of hydrogen-bond donors (Lipinski definition) is 1. The van der Waals surface area contributed by atoms with E-state index in [-0.39, 0.29) is 11.8 Å². The number of rotatable bonds is 3. The quantitative estimate of drug-likeness (QED) is 0.791. The normalized spacial score (nSPS) is 24.5. The summed E-state index contributed by atoms with van der Waals surface area (Å²) in [6.07, 6.45) is 0.654. The summed E-state index contributed by atoms with van der Waals surface area (Å²) in [5.74, 6) is -0.498. The summed E-state index contributed by atoms with van der Waals surface area (Å²) in [5.41, 5.74) is 0.188. The van der Waals surface area contributed by atoms with Gasteiger partial charge in [0.25, 0.3) is 0 Å². The van der Waals surface area contributed by atoms with Gasteiger partial charge in [0.05, 0.1) is 6.61 Å². The third kappa shape index (κ3) is 2.22. The van der Waals surface area contributed by atoms with Crippen LogP contribution in [0.2, 0.25) is 0 Å². The van der Waals surface area contributed by atoms with Crippen molar-refractivity contribution in [2.45, 2.75) is 25.4 Å². The van der Waals surface area contributed by atoms with Crippen LogP contribution in [0, 0.1) is 5.82 Å². The number of esters is 1. The van der Waals surface area contributed by atoms with E-state index in [0.29, 0.717) is 19.6 Å². The Labute approximate surface area is 93.6 Å². The van der Waals surface area contributed by atoms with Crippen LogP contribution in [-0.4, -0.2) is 18.1 Å². The second kappa shape index (κ2) is 4.22. The molecule has 0 bridgehead atoms. The largest absolute Gasteiger partial charge is 0.464 e. The third-order valence-electron chi connectivity index (χ3n) is 2.86. The van der Waals surface area contributed by atoms with Gasteiger partial charge in [0, 0.05) is 13.0 Å². The molecule has 86 valence electrons. The average Bonchev–Trinajstić information content (AvgIpc) is 2.58. The van der Waals surface area contributed by atoms with Crippen molar-refractivity contribution in [2.24, 2.45) is 0 Å². The van der Waals surface area contributed by atoms with Crippen LogP contribution in [0.3, 0.4) is 0 Å². The summed E-state index contributed by atoms with van der Waals surface area (Å²) >= 11 is 0. The monoisotopic (exact) mass is 223 g/mol. The fraction of sp³-hybridized carbons (Fsp3) is 0.417. The Morgan fingerprint density at radius 2 is 2.38 bits per heavy atom. The van der Waals surface area contributed by atoms with E-state index in [1.807, 2.05) is 13.0 Å². The molecule has 0 aromatic heterocycles. The van der Waals surface area contributed by atoms with Crippen LogP contribution in [0.15, 0.2) is 24.3 Å². The molecule has 1 aromatic carbocycles. The van der Waals surface area contributed by atoms with Crippen LogP contribution in [0.5, 0.6) is 0 Å². The number of benzene rings is 1. The fourth-order valence-electron chi connectivity index (χ4n) is 1.71. The van der Waals surface area contributed by atoms with Crippen molar-refractivity contribution in [1.82, 2.24) is 5.32 Å². The molecule has 1 heterocycles. The highest BCUT2D eigenvalue weighted by molar-refractivity contribution is 5.82. The van der Waals surface area contributed by atoms with Crippen LogP contribution >= 0.6 is 0 Å². The van der Waals surface area contributed by atoms with Gasteiger partial charge in [0.15, 0.2) is 0 Å². The Morgan fingerprint density at radius 1 is 1.56 bits per heavy atom. The van der Waals surface area contributed by atoms with Crippen molar-refractivity contribution in [3.63, 3.8) is 0 Å². The van der Waals surface area contributed by atoms with Crippen molar-refractivity contribution >= 4 is 5.97 Å². The molecule has 16 heavy (non-hydrogen) atoms. The molecule has 1 atom stereocenters. The van der Waals surface area contributed by atoms with E-state index in [9.17, 15) is 9.18 Å². The van der Waals surface area contributed by atoms with Crippen molar-refractivity contribution < 1.29 is 13.9 Å². The molecule has 1 fully saturated rings. The van der Waals surface area contributed by atoms with Crippen LogP contribution in [-0.2, 0) is 16.1 Å². The van der Waals surface area contributed by atoms with Crippen molar-refractivity contribution in [3.05, 3.63) is 35.6 Å². The zero-order valence-corrected chi connectivity index (χ0v) is 9.13.